The van der Waals surface area contributed by atoms with Crippen molar-refractivity contribution in [2.75, 3.05) is 0 Å². The summed E-state index contributed by atoms with van der Waals surface area (Å²) < 4.78 is 5.23. The van der Waals surface area contributed by atoms with Gasteiger partial charge in [0, 0.05) is 6.08 Å². The molecule has 0 unspecified atom stereocenters. The molecule has 0 radical (unpaired) electrons. The number of aryl methyl sites for hydroxylation is 2. The molecule has 3 heteroatoms. The summed E-state index contributed by atoms with van der Waals surface area (Å²) in [5.74, 6) is 0.490. The first-order chi connectivity index (χ1) is 12.1. The highest BCUT2D eigenvalue weighted by atomic mass is 16.3. The highest BCUT2D eigenvalue weighted by Crippen LogP contribution is 2.26. The van der Waals surface area contributed by atoms with Crippen LogP contribution in [-0.4, -0.2) is 5.91 Å². The molecule has 126 valence electrons. The minimum absolute atomic E-state index is 0.161. The first-order valence-electron chi connectivity index (χ1n) is 8.27. The molecule has 0 spiro atoms. The van der Waals surface area contributed by atoms with Gasteiger partial charge in [-0.25, -0.2) is 0 Å². The smallest absolute Gasteiger partial charge is 0.244 e. The summed E-state index contributed by atoms with van der Waals surface area (Å²) in [6.07, 6.45) is 4.75. The maximum atomic E-state index is 12.5. The van der Waals surface area contributed by atoms with Crippen LogP contribution in [0.2, 0.25) is 0 Å². The second-order valence-electron chi connectivity index (χ2n) is 6.06. The third-order valence-corrected chi connectivity index (χ3v) is 4.11. The molecule has 1 atom stereocenters. The number of amides is 1. The summed E-state index contributed by atoms with van der Waals surface area (Å²) >= 11 is 0. The molecule has 0 bridgehead atoms. The molecule has 3 nitrogen and oxygen atoms in total. The zero-order valence-electron chi connectivity index (χ0n) is 14.4. The van der Waals surface area contributed by atoms with Crippen LogP contribution in [0.1, 0.15) is 34.1 Å². The van der Waals surface area contributed by atoms with Gasteiger partial charge in [-0.05, 0) is 48.7 Å². The fourth-order valence-electron chi connectivity index (χ4n) is 2.79. The number of carbonyl (C=O) groups is 1. The Labute approximate surface area is 148 Å². The van der Waals surface area contributed by atoms with Crippen molar-refractivity contribution in [3.8, 4) is 0 Å². The summed E-state index contributed by atoms with van der Waals surface area (Å²) in [6.45, 7) is 4.12. The van der Waals surface area contributed by atoms with Gasteiger partial charge < -0.3 is 9.73 Å². The van der Waals surface area contributed by atoms with Crippen LogP contribution in [0.15, 0.2) is 77.4 Å². The maximum absolute atomic E-state index is 12.5. The van der Waals surface area contributed by atoms with Crippen molar-refractivity contribution in [1.82, 2.24) is 5.32 Å². The predicted molar refractivity (Wildman–Crippen MR) is 100 cm³/mol. The summed E-state index contributed by atoms with van der Waals surface area (Å²) in [5, 5.41) is 3.11. The fourth-order valence-corrected chi connectivity index (χ4v) is 2.79. The van der Waals surface area contributed by atoms with Gasteiger partial charge in [0.25, 0.3) is 0 Å². The minimum atomic E-state index is -0.199. The number of furan rings is 1. The second-order valence-corrected chi connectivity index (χ2v) is 6.06. The molecule has 25 heavy (non-hydrogen) atoms. The summed E-state index contributed by atoms with van der Waals surface area (Å²) in [7, 11) is 0. The average Bonchev–Trinajstić information content (AvgIpc) is 3.14. The van der Waals surface area contributed by atoms with Crippen LogP contribution in [0.25, 0.3) is 6.08 Å². The van der Waals surface area contributed by atoms with Crippen LogP contribution in [0.5, 0.6) is 0 Å². The van der Waals surface area contributed by atoms with E-state index in [0.29, 0.717) is 5.76 Å². The Morgan fingerprint density at radius 2 is 1.84 bits per heavy atom. The average molecular weight is 331 g/mol. The molecule has 0 saturated heterocycles. The molecule has 0 aliphatic heterocycles. The molecule has 3 rings (SSSR count). The van der Waals surface area contributed by atoms with Gasteiger partial charge in [0.15, 0.2) is 0 Å². The van der Waals surface area contributed by atoms with E-state index in [1.54, 1.807) is 18.4 Å². The van der Waals surface area contributed by atoms with Gasteiger partial charge in [-0.2, -0.15) is 0 Å². The van der Waals surface area contributed by atoms with Crippen LogP contribution in [-0.2, 0) is 4.79 Å². The van der Waals surface area contributed by atoms with E-state index in [1.807, 2.05) is 36.4 Å². The van der Waals surface area contributed by atoms with E-state index >= 15 is 0 Å². The number of nitrogens with one attached hydrogen (secondary N) is 1. The van der Waals surface area contributed by atoms with E-state index < -0.39 is 0 Å². The number of hydrogen-bond acceptors (Lipinski definition) is 2. The largest absolute Gasteiger partial charge is 0.465 e. The van der Waals surface area contributed by atoms with Crippen molar-refractivity contribution < 1.29 is 9.21 Å². The topological polar surface area (TPSA) is 42.2 Å². The summed E-state index contributed by atoms with van der Waals surface area (Å²) in [6, 6.07) is 19.7. The van der Waals surface area contributed by atoms with Crippen LogP contribution in [0.4, 0.5) is 0 Å². The van der Waals surface area contributed by atoms with Crippen molar-refractivity contribution in [2.45, 2.75) is 19.9 Å². The maximum Gasteiger partial charge on any atom is 0.244 e. The van der Waals surface area contributed by atoms with E-state index in [1.165, 1.54) is 11.6 Å². The molecule has 3 aromatic rings. The standard InChI is InChI=1S/C22H21NO2/c1-16-10-11-17(2)20(15-16)22(18-7-4-3-5-8-18)23-21(24)13-12-19-9-6-14-25-19/h3-15,22H,1-2H3,(H,23,24)/b13-12+/t22-/m1/s1. The Bertz CT molecular complexity index is 864. The monoisotopic (exact) mass is 331 g/mol. The van der Waals surface area contributed by atoms with Crippen LogP contribution in [0, 0.1) is 13.8 Å². The first-order valence-corrected chi connectivity index (χ1v) is 8.27. The summed E-state index contributed by atoms with van der Waals surface area (Å²) in [5.41, 5.74) is 4.47. The van der Waals surface area contributed by atoms with E-state index in [2.05, 4.69) is 37.4 Å². The van der Waals surface area contributed by atoms with Gasteiger partial charge in [0.05, 0.1) is 12.3 Å². The molecule has 0 aliphatic carbocycles. The lowest BCUT2D eigenvalue weighted by molar-refractivity contribution is -0.116. The fraction of sp³-hybridized carbons (Fsp3) is 0.136. The third-order valence-electron chi connectivity index (χ3n) is 4.11. The quantitative estimate of drug-likeness (QED) is 0.681. The van der Waals surface area contributed by atoms with Crippen molar-refractivity contribution in [3.63, 3.8) is 0 Å². The van der Waals surface area contributed by atoms with Gasteiger partial charge in [0.2, 0.25) is 5.91 Å². The second kappa shape index (κ2) is 7.67. The molecule has 1 N–H and O–H groups in total. The minimum Gasteiger partial charge on any atom is -0.465 e. The zero-order valence-corrected chi connectivity index (χ0v) is 14.4. The molecule has 1 amide bonds. The molecule has 0 saturated carbocycles. The molecule has 2 aromatic carbocycles. The van der Waals surface area contributed by atoms with Crippen LogP contribution >= 0.6 is 0 Å². The van der Waals surface area contributed by atoms with Gasteiger partial charge in [-0.3, -0.25) is 4.79 Å². The number of benzene rings is 2. The molecule has 0 fully saturated rings. The molecule has 1 heterocycles. The van der Waals surface area contributed by atoms with Crippen molar-refractivity contribution in [1.29, 1.82) is 0 Å². The lowest BCUT2D eigenvalue weighted by Crippen LogP contribution is -2.28. The highest BCUT2D eigenvalue weighted by Gasteiger charge is 2.17. The number of hydrogen-bond donors (Lipinski definition) is 1. The van der Waals surface area contributed by atoms with Gasteiger partial charge in [-0.15, -0.1) is 0 Å². The lowest BCUT2D eigenvalue weighted by Gasteiger charge is -2.21. The Balaban J connectivity index is 1.89. The Kier molecular flexibility index (Phi) is 5.14. The van der Waals surface area contributed by atoms with Crippen molar-refractivity contribution in [3.05, 3.63) is 101 Å². The zero-order chi connectivity index (χ0) is 17.6. The molecular formula is C22H21NO2. The highest BCUT2D eigenvalue weighted by molar-refractivity contribution is 5.92. The molecule has 0 aliphatic rings. The van der Waals surface area contributed by atoms with Crippen LogP contribution < -0.4 is 5.32 Å². The Morgan fingerprint density at radius 3 is 2.56 bits per heavy atom. The number of carbonyl (C=O) groups excluding carboxylic acids is 1. The Morgan fingerprint density at radius 1 is 1.04 bits per heavy atom. The summed E-state index contributed by atoms with van der Waals surface area (Å²) in [4.78, 5) is 12.5. The van der Waals surface area contributed by atoms with E-state index in [4.69, 9.17) is 4.42 Å². The third kappa shape index (κ3) is 4.27. The van der Waals surface area contributed by atoms with Gasteiger partial charge >= 0.3 is 0 Å². The number of rotatable bonds is 5. The molecule has 1 aromatic heterocycles. The normalized spacial score (nSPS) is 12.2. The lowest BCUT2D eigenvalue weighted by atomic mass is 9.93. The Hall–Kier alpha value is -3.07. The van der Waals surface area contributed by atoms with Crippen molar-refractivity contribution >= 4 is 12.0 Å². The van der Waals surface area contributed by atoms with Crippen molar-refractivity contribution in [2.24, 2.45) is 0 Å². The van der Waals surface area contributed by atoms with Crippen LogP contribution in [0.3, 0.4) is 0 Å². The SMILES string of the molecule is Cc1ccc(C)c([C@H](NC(=O)/C=C/c2ccco2)c2ccccc2)c1. The van der Waals surface area contributed by atoms with E-state index in [0.717, 1.165) is 16.7 Å². The van der Waals surface area contributed by atoms with E-state index in [9.17, 15) is 4.79 Å². The van der Waals surface area contributed by atoms with Gasteiger partial charge in [-0.1, -0.05) is 54.1 Å². The van der Waals surface area contributed by atoms with Gasteiger partial charge in [0.1, 0.15) is 5.76 Å². The van der Waals surface area contributed by atoms with E-state index in [-0.39, 0.29) is 11.9 Å². The first kappa shape index (κ1) is 16.8. The predicted octanol–water partition coefficient (Wildman–Crippen LogP) is 4.82. The molecular weight excluding hydrogens is 310 g/mol.